The van der Waals surface area contributed by atoms with Crippen LogP contribution in [0.25, 0.3) is 10.8 Å². The number of aromatic nitrogens is 1. The summed E-state index contributed by atoms with van der Waals surface area (Å²) in [5, 5.41) is 12.9. The molecule has 1 atom stereocenters. The molecule has 1 N–H and O–H groups in total. The third-order valence-electron chi connectivity index (χ3n) is 3.47. The molecule has 0 radical (unpaired) electrons. The van der Waals surface area contributed by atoms with E-state index in [0.717, 1.165) is 35.6 Å². The van der Waals surface area contributed by atoms with E-state index in [1.54, 1.807) is 6.20 Å². The summed E-state index contributed by atoms with van der Waals surface area (Å²) in [6.07, 6.45) is 10.5. The SMILES string of the molecule is OC1(c2cccc3cnccc23)C=CCCC1. The molecule has 0 spiro atoms. The number of fused-ring (bicyclic) bond motifs is 1. The van der Waals surface area contributed by atoms with Gasteiger partial charge >= 0.3 is 0 Å². The van der Waals surface area contributed by atoms with E-state index < -0.39 is 5.60 Å². The molecule has 2 nitrogen and oxygen atoms in total. The first kappa shape index (κ1) is 10.5. The molecule has 86 valence electrons. The van der Waals surface area contributed by atoms with Crippen LogP contribution >= 0.6 is 0 Å². The van der Waals surface area contributed by atoms with Gasteiger partial charge in [-0.1, -0.05) is 30.4 Å². The van der Waals surface area contributed by atoms with Crippen LogP contribution in [0.15, 0.2) is 48.8 Å². The van der Waals surface area contributed by atoms with Gasteiger partial charge in [-0.3, -0.25) is 4.98 Å². The molecule has 0 bridgehead atoms. The summed E-state index contributed by atoms with van der Waals surface area (Å²) >= 11 is 0. The normalized spacial score (nSPS) is 24.1. The van der Waals surface area contributed by atoms with Gasteiger partial charge in [0.15, 0.2) is 0 Å². The van der Waals surface area contributed by atoms with E-state index in [2.05, 4.69) is 11.1 Å². The van der Waals surface area contributed by atoms with E-state index in [-0.39, 0.29) is 0 Å². The molecule has 2 aromatic rings. The Morgan fingerprint density at radius 2 is 2.18 bits per heavy atom. The minimum Gasteiger partial charge on any atom is -0.381 e. The van der Waals surface area contributed by atoms with Gasteiger partial charge in [0.25, 0.3) is 0 Å². The monoisotopic (exact) mass is 225 g/mol. The lowest BCUT2D eigenvalue weighted by Gasteiger charge is -2.29. The zero-order valence-electron chi connectivity index (χ0n) is 9.63. The van der Waals surface area contributed by atoms with Gasteiger partial charge in [-0.25, -0.2) is 0 Å². The second-order valence-corrected chi connectivity index (χ2v) is 4.62. The molecule has 1 aromatic carbocycles. The highest BCUT2D eigenvalue weighted by Gasteiger charge is 2.28. The molecule has 1 unspecified atom stereocenters. The van der Waals surface area contributed by atoms with E-state index in [4.69, 9.17) is 0 Å². The van der Waals surface area contributed by atoms with Gasteiger partial charge in [0, 0.05) is 17.8 Å². The average Bonchev–Trinajstić information content (AvgIpc) is 2.39. The minimum absolute atomic E-state index is 0.797. The number of rotatable bonds is 1. The Balaban J connectivity index is 2.23. The Hall–Kier alpha value is -1.67. The Morgan fingerprint density at radius 1 is 1.24 bits per heavy atom. The van der Waals surface area contributed by atoms with Crippen molar-refractivity contribution in [2.45, 2.75) is 24.9 Å². The Labute approximate surface area is 101 Å². The molecule has 1 aromatic heterocycles. The molecule has 0 amide bonds. The topological polar surface area (TPSA) is 33.1 Å². The standard InChI is InChI=1S/C15H15NO/c17-15(8-2-1-3-9-15)14-6-4-5-12-11-16-10-7-13(12)14/h2,4-8,10-11,17H,1,3,9H2. The van der Waals surface area contributed by atoms with Gasteiger partial charge in [-0.05, 0) is 36.3 Å². The van der Waals surface area contributed by atoms with Gasteiger partial charge in [0.05, 0.1) is 0 Å². The van der Waals surface area contributed by atoms with Crippen molar-refractivity contribution in [2.24, 2.45) is 0 Å². The van der Waals surface area contributed by atoms with Crippen LogP contribution in [0.4, 0.5) is 0 Å². The van der Waals surface area contributed by atoms with E-state index in [1.165, 1.54) is 0 Å². The number of hydrogen-bond donors (Lipinski definition) is 1. The van der Waals surface area contributed by atoms with Crippen molar-refractivity contribution in [3.05, 3.63) is 54.4 Å². The van der Waals surface area contributed by atoms with E-state index in [0.29, 0.717) is 0 Å². The summed E-state index contributed by atoms with van der Waals surface area (Å²) in [7, 11) is 0. The van der Waals surface area contributed by atoms with Crippen molar-refractivity contribution in [3.63, 3.8) is 0 Å². The van der Waals surface area contributed by atoms with Crippen molar-refractivity contribution in [2.75, 3.05) is 0 Å². The van der Waals surface area contributed by atoms with E-state index >= 15 is 0 Å². The van der Waals surface area contributed by atoms with Crippen molar-refractivity contribution in [1.29, 1.82) is 0 Å². The van der Waals surface area contributed by atoms with Crippen LogP contribution in [0.3, 0.4) is 0 Å². The van der Waals surface area contributed by atoms with Crippen molar-refractivity contribution in [1.82, 2.24) is 4.98 Å². The quantitative estimate of drug-likeness (QED) is 0.756. The van der Waals surface area contributed by atoms with Gasteiger partial charge < -0.3 is 5.11 Å². The predicted octanol–water partition coefficient (Wildman–Crippen LogP) is 3.16. The fourth-order valence-corrected chi connectivity index (χ4v) is 2.58. The zero-order chi connectivity index (χ0) is 11.7. The van der Waals surface area contributed by atoms with Gasteiger partial charge in [0.1, 0.15) is 5.60 Å². The molecule has 1 aliphatic carbocycles. The summed E-state index contributed by atoms with van der Waals surface area (Å²) in [5.41, 5.74) is 0.187. The van der Waals surface area contributed by atoms with E-state index in [1.807, 2.05) is 36.5 Å². The second kappa shape index (κ2) is 3.97. The van der Waals surface area contributed by atoms with Crippen LogP contribution in [0.1, 0.15) is 24.8 Å². The number of pyridine rings is 1. The molecule has 1 aliphatic rings. The van der Waals surface area contributed by atoms with Crippen LogP contribution in [-0.4, -0.2) is 10.1 Å². The molecular weight excluding hydrogens is 210 g/mol. The smallest absolute Gasteiger partial charge is 0.108 e. The first-order valence-electron chi connectivity index (χ1n) is 6.03. The van der Waals surface area contributed by atoms with Crippen LogP contribution in [0.2, 0.25) is 0 Å². The maximum Gasteiger partial charge on any atom is 0.108 e. The molecule has 17 heavy (non-hydrogen) atoms. The van der Waals surface area contributed by atoms with Crippen LogP contribution in [0.5, 0.6) is 0 Å². The molecule has 1 heterocycles. The lowest BCUT2D eigenvalue weighted by Crippen LogP contribution is -2.25. The van der Waals surface area contributed by atoms with Crippen molar-refractivity contribution < 1.29 is 5.11 Å². The maximum atomic E-state index is 10.7. The Bertz CT molecular complexity index is 571. The highest BCUT2D eigenvalue weighted by atomic mass is 16.3. The first-order valence-corrected chi connectivity index (χ1v) is 6.03. The average molecular weight is 225 g/mol. The number of allylic oxidation sites excluding steroid dienone is 1. The fourth-order valence-electron chi connectivity index (χ4n) is 2.58. The summed E-state index contributed by atoms with van der Waals surface area (Å²) < 4.78 is 0. The number of hydrogen-bond acceptors (Lipinski definition) is 2. The van der Waals surface area contributed by atoms with Gasteiger partial charge in [-0.15, -0.1) is 0 Å². The summed E-state index contributed by atoms with van der Waals surface area (Å²) in [6, 6.07) is 8.00. The summed E-state index contributed by atoms with van der Waals surface area (Å²) in [6.45, 7) is 0. The number of benzene rings is 1. The Kier molecular flexibility index (Phi) is 2.45. The number of nitrogens with zero attached hydrogens (tertiary/aromatic N) is 1. The number of aliphatic hydroxyl groups is 1. The Morgan fingerprint density at radius 3 is 3.00 bits per heavy atom. The van der Waals surface area contributed by atoms with E-state index in [9.17, 15) is 5.11 Å². The first-order chi connectivity index (χ1) is 8.30. The highest BCUT2D eigenvalue weighted by Crippen LogP contribution is 2.36. The van der Waals surface area contributed by atoms with Gasteiger partial charge in [0.2, 0.25) is 0 Å². The molecule has 0 saturated heterocycles. The zero-order valence-corrected chi connectivity index (χ0v) is 9.63. The van der Waals surface area contributed by atoms with Gasteiger partial charge in [-0.2, -0.15) is 0 Å². The predicted molar refractivity (Wildman–Crippen MR) is 68.6 cm³/mol. The fraction of sp³-hybridized carbons (Fsp3) is 0.267. The minimum atomic E-state index is -0.806. The molecule has 0 fully saturated rings. The largest absolute Gasteiger partial charge is 0.381 e. The van der Waals surface area contributed by atoms with Crippen molar-refractivity contribution >= 4 is 10.8 Å². The molecule has 0 aliphatic heterocycles. The highest BCUT2D eigenvalue weighted by molar-refractivity contribution is 5.85. The third-order valence-corrected chi connectivity index (χ3v) is 3.47. The summed E-state index contributed by atoms with van der Waals surface area (Å²) in [5.74, 6) is 0. The van der Waals surface area contributed by atoms with Crippen LogP contribution in [-0.2, 0) is 5.60 Å². The maximum absolute atomic E-state index is 10.7. The molecular formula is C15H15NO. The lowest BCUT2D eigenvalue weighted by atomic mass is 9.82. The molecule has 2 heteroatoms. The molecule has 0 saturated carbocycles. The van der Waals surface area contributed by atoms with Crippen molar-refractivity contribution in [3.8, 4) is 0 Å². The third kappa shape index (κ3) is 1.75. The molecule has 3 rings (SSSR count). The lowest BCUT2D eigenvalue weighted by molar-refractivity contribution is 0.0741. The second-order valence-electron chi connectivity index (χ2n) is 4.62. The van der Waals surface area contributed by atoms with Crippen LogP contribution in [0, 0.1) is 0 Å². The summed E-state index contributed by atoms with van der Waals surface area (Å²) in [4.78, 5) is 4.12. The van der Waals surface area contributed by atoms with Crippen LogP contribution < -0.4 is 0 Å².